The minimum absolute atomic E-state index is 0.0988. The zero-order valence-electron chi connectivity index (χ0n) is 16.9. The lowest BCUT2D eigenvalue weighted by atomic mass is 10.0. The first kappa shape index (κ1) is 24.3. The number of nitrogens with zero attached hydrogens (tertiary/aromatic N) is 2. The van der Waals surface area contributed by atoms with E-state index in [1.54, 1.807) is 24.3 Å². The van der Waals surface area contributed by atoms with Crippen molar-refractivity contribution in [3.8, 4) is 0 Å². The smallest absolute Gasteiger partial charge is 0.328 e. The van der Waals surface area contributed by atoms with Crippen molar-refractivity contribution in [2.75, 3.05) is 0 Å². The van der Waals surface area contributed by atoms with E-state index in [0.29, 0.717) is 0 Å². The third-order valence-corrected chi connectivity index (χ3v) is 4.05. The standard InChI is InChI=1S/C14H8N2O6.C9H8O2/c17-13(9-4-2-1-3-5-9)14(18)10-6-11(15(19)20)8-12(7-10)16(21)22;10-9(11)7-6-8-4-2-1-3-5-8/h1-8H;1-7H,(H,10,11)/b;7-6+. The maximum Gasteiger partial charge on any atom is 0.328 e. The Morgan fingerprint density at radius 3 is 1.61 bits per heavy atom. The van der Waals surface area contributed by atoms with Gasteiger partial charge in [-0.15, -0.1) is 0 Å². The average Bonchev–Trinajstić information content (AvgIpc) is 2.83. The van der Waals surface area contributed by atoms with Crippen LogP contribution in [0, 0.1) is 20.2 Å². The lowest BCUT2D eigenvalue weighted by Gasteiger charge is -2.01. The third kappa shape index (κ3) is 7.33. The summed E-state index contributed by atoms with van der Waals surface area (Å²) in [6.07, 6.45) is 2.68. The molecule has 1 N–H and O–H groups in total. The van der Waals surface area contributed by atoms with Crippen LogP contribution in [0.3, 0.4) is 0 Å². The number of Topliss-reactive ketones (excluding diaryl/α,β-unsaturated/α-hetero) is 2. The number of nitro benzene ring substituents is 2. The van der Waals surface area contributed by atoms with Crippen molar-refractivity contribution in [3.63, 3.8) is 0 Å². The number of carbonyl (C=O) groups excluding carboxylic acids is 2. The molecule has 0 aliphatic carbocycles. The molecule has 0 aliphatic heterocycles. The number of carbonyl (C=O) groups is 3. The van der Waals surface area contributed by atoms with Crippen LogP contribution in [0.25, 0.3) is 6.08 Å². The molecule has 0 fully saturated rings. The number of non-ortho nitro benzene ring substituents is 2. The summed E-state index contributed by atoms with van der Waals surface area (Å²) in [7, 11) is 0. The van der Waals surface area contributed by atoms with Crippen LogP contribution < -0.4 is 0 Å². The van der Waals surface area contributed by atoms with Gasteiger partial charge in [0.05, 0.1) is 15.9 Å². The molecule has 10 heteroatoms. The van der Waals surface area contributed by atoms with E-state index < -0.39 is 44.3 Å². The molecule has 0 saturated carbocycles. The summed E-state index contributed by atoms with van der Waals surface area (Å²) in [5.74, 6) is -2.86. The highest BCUT2D eigenvalue weighted by Crippen LogP contribution is 2.23. The number of benzene rings is 3. The lowest BCUT2D eigenvalue weighted by molar-refractivity contribution is -0.394. The van der Waals surface area contributed by atoms with Crippen molar-refractivity contribution in [1.82, 2.24) is 0 Å². The molecule has 0 bridgehead atoms. The first-order valence-corrected chi connectivity index (χ1v) is 9.23. The van der Waals surface area contributed by atoms with Gasteiger partial charge in [-0.2, -0.15) is 0 Å². The summed E-state index contributed by atoms with van der Waals surface area (Å²) in [5.41, 5.74) is -0.650. The van der Waals surface area contributed by atoms with E-state index >= 15 is 0 Å². The van der Waals surface area contributed by atoms with Crippen LogP contribution in [0.4, 0.5) is 11.4 Å². The highest BCUT2D eigenvalue weighted by atomic mass is 16.6. The second-order valence-electron chi connectivity index (χ2n) is 6.36. The Kier molecular flexibility index (Phi) is 8.40. The Bertz CT molecular complexity index is 1190. The fraction of sp³-hybridized carbons (Fsp3) is 0. The fourth-order valence-corrected chi connectivity index (χ4v) is 2.52. The summed E-state index contributed by atoms with van der Waals surface area (Å²) in [5, 5.41) is 29.8. The van der Waals surface area contributed by atoms with Gasteiger partial charge in [0.15, 0.2) is 0 Å². The second-order valence-corrected chi connectivity index (χ2v) is 6.36. The number of hydrogen-bond acceptors (Lipinski definition) is 7. The minimum atomic E-state index is -1.04. The van der Waals surface area contributed by atoms with E-state index in [0.717, 1.165) is 29.8 Å². The van der Waals surface area contributed by atoms with Gasteiger partial charge in [0.2, 0.25) is 11.6 Å². The maximum absolute atomic E-state index is 12.1. The molecular weight excluding hydrogens is 432 g/mol. The van der Waals surface area contributed by atoms with E-state index in [-0.39, 0.29) is 5.56 Å². The molecule has 0 amide bonds. The van der Waals surface area contributed by atoms with Crippen molar-refractivity contribution >= 4 is 35.0 Å². The van der Waals surface area contributed by atoms with Gasteiger partial charge in [-0.1, -0.05) is 60.7 Å². The largest absolute Gasteiger partial charge is 0.478 e. The predicted octanol–water partition coefficient (Wildman–Crippen LogP) is 4.35. The van der Waals surface area contributed by atoms with Gasteiger partial charge in [-0.05, 0) is 11.6 Å². The minimum Gasteiger partial charge on any atom is -0.478 e. The van der Waals surface area contributed by atoms with E-state index in [2.05, 4.69) is 0 Å². The Labute approximate surface area is 186 Å². The van der Waals surface area contributed by atoms with Crippen molar-refractivity contribution in [1.29, 1.82) is 0 Å². The SMILES string of the molecule is O=C(C(=O)c1cc([N+](=O)[O-])cc([N+](=O)[O-])c1)c1ccccc1.O=C(O)/C=C/c1ccccc1. The van der Waals surface area contributed by atoms with Crippen LogP contribution in [-0.2, 0) is 4.79 Å². The van der Waals surface area contributed by atoms with Crippen molar-refractivity contribution < 1.29 is 29.3 Å². The molecule has 0 atom stereocenters. The predicted molar refractivity (Wildman–Crippen MR) is 118 cm³/mol. The highest BCUT2D eigenvalue weighted by molar-refractivity contribution is 6.49. The lowest BCUT2D eigenvalue weighted by Crippen LogP contribution is -2.15. The Morgan fingerprint density at radius 1 is 0.697 bits per heavy atom. The van der Waals surface area contributed by atoms with Gasteiger partial charge in [0.25, 0.3) is 11.4 Å². The molecule has 0 heterocycles. The van der Waals surface area contributed by atoms with Gasteiger partial charge in [-0.3, -0.25) is 29.8 Å². The number of hydrogen-bond donors (Lipinski definition) is 1. The number of nitro groups is 2. The van der Waals surface area contributed by atoms with Crippen molar-refractivity contribution in [2.45, 2.75) is 0 Å². The quantitative estimate of drug-likeness (QED) is 0.184. The second kappa shape index (κ2) is 11.4. The highest BCUT2D eigenvalue weighted by Gasteiger charge is 2.24. The monoisotopic (exact) mass is 448 g/mol. The average molecular weight is 448 g/mol. The van der Waals surface area contributed by atoms with Crippen LogP contribution in [0.5, 0.6) is 0 Å². The summed E-state index contributed by atoms with van der Waals surface area (Å²) >= 11 is 0. The molecule has 3 rings (SSSR count). The van der Waals surface area contributed by atoms with Crippen LogP contribution in [0.15, 0.2) is 84.9 Å². The van der Waals surface area contributed by atoms with Gasteiger partial charge in [0, 0.05) is 29.3 Å². The van der Waals surface area contributed by atoms with Gasteiger partial charge >= 0.3 is 5.97 Å². The first-order chi connectivity index (χ1) is 15.7. The Morgan fingerprint density at radius 2 is 1.15 bits per heavy atom. The van der Waals surface area contributed by atoms with Gasteiger partial charge in [-0.25, -0.2) is 4.79 Å². The van der Waals surface area contributed by atoms with Gasteiger partial charge in [0.1, 0.15) is 0 Å². The third-order valence-electron chi connectivity index (χ3n) is 4.05. The number of carboxylic acids is 1. The molecule has 0 aliphatic rings. The molecule has 0 spiro atoms. The normalized spacial score (nSPS) is 10.1. The fourth-order valence-electron chi connectivity index (χ4n) is 2.52. The summed E-state index contributed by atoms with van der Waals surface area (Å²) in [6.45, 7) is 0. The number of carboxylic acid groups (broad SMARTS) is 1. The summed E-state index contributed by atoms with van der Waals surface area (Å²) in [4.78, 5) is 54.0. The van der Waals surface area contributed by atoms with E-state index in [1.807, 2.05) is 30.3 Å². The number of rotatable bonds is 7. The number of ketones is 2. The first-order valence-electron chi connectivity index (χ1n) is 9.23. The number of aliphatic carboxylic acids is 1. The van der Waals surface area contributed by atoms with Gasteiger partial charge < -0.3 is 5.11 Å². The van der Waals surface area contributed by atoms with Crippen LogP contribution in [0.2, 0.25) is 0 Å². The zero-order valence-corrected chi connectivity index (χ0v) is 16.9. The molecule has 0 unspecified atom stereocenters. The maximum atomic E-state index is 12.1. The summed E-state index contributed by atoms with van der Waals surface area (Å²) < 4.78 is 0. The molecule has 0 saturated heterocycles. The Balaban J connectivity index is 0.000000294. The molecule has 166 valence electrons. The molecule has 0 aromatic heterocycles. The van der Waals surface area contributed by atoms with Crippen molar-refractivity contribution in [3.05, 3.63) is 122 Å². The molecule has 3 aromatic rings. The van der Waals surface area contributed by atoms with Crippen LogP contribution >= 0.6 is 0 Å². The van der Waals surface area contributed by atoms with E-state index in [1.165, 1.54) is 12.1 Å². The van der Waals surface area contributed by atoms with E-state index in [9.17, 15) is 34.6 Å². The van der Waals surface area contributed by atoms with Crippen molar-refractivity contribution in [2.24, 2.45) is 0 Å². The molecule has 10 nitrogen and oxygen atoms in total. The molecular formula is C23H16N2O8. The summed E-state index contributed by atoms with van der Waals surface area (Å²) in [6, 6.07) is 19.3. The topological polar surface area (TPSA) is 158 Å². The van der Waals surface area contributed by atoms with Crippen LogP contribution in [-0.4, -0.2) is 32.5 Å². The molecule has 3 aromatic carbocycles. The molecule has 0 radical (unpaired) electrons. The Hall–Kier alpha value is -4.99. The van der Waals surface area contributed by atoms with E-state index in [4.69, 9.17) is 5.11 Å². The zero-order chi connectivity index (χ0) is 24.4. The van der Waals surface area contributed by atoms with Crippen LogP contribution in [0.1, 0.15) is 26.3 Å². The molecule has 33 heavy (non-hydrogen) atoms.